The van der Waals surface area contributed by atoms with Crippen LogP contribution in [0.1, 0.15) is 0 Å². The second-order valence-electron chi connectivity index (χ2n) is 3.75. The van der Waals surface area contributed by atoms with Gasteiger partial charge in [-0.05, 0) is 6.08 Å². The first kappa shape index (κ1) is 11.4. The smallest absolute Gasteiger partial charge is 0.343 e. The Morgan fingerprint density at radius 3 is 3.00 bits per heavy atom. The van der Waals surface area contributed by atoms with E-state index in [2.05, 4.69) is 11.6 Å². The first-order chi connectivity index (χ1) is 8.24. The third kappa shape index (κ3) is 2.20. The summed E-state index contributed by atoms with van der Waals surface area (Å²) >= 11 is 0. The third-order valence-corrected chi connectivity index (χ3v) is 2.59. The van der Waals surface area contributed by atoms with Crippen LogP contribution >= 0.6 is 0 Å². The second-order valence-corrected chi connectivity index (χ2v) is 3.75. The molecular formula is C13H13NO3. The number of aliphatic hydroxyl groups excluding tert-OH is 1. The van der Waals surface area contributed by atoms with Gasteiger partial charge in [0.2, 0.25) is 0 Å². The molecule has 0 bridgehead atoms. The molecule has 0 aromatic heterocycles. The number of esters is 1. The quantitative estimate of drug-likeness (QED) is 0.457. The summed E-state index contributed by atoms with van der Waals surface area (Å²) in [6.07, 6.45) is 9.68. The zero-order valence-corrected chi connectivity index (χ0v) is 9.24. The van der Waals surface area contributed by atoms with Crippen LogP contribution in [0.5, 0.6) is 0 Å². The highest BCUT2D eigenvalue weighted by atomic mass is 16.5. The van der Waals surface area contributed by atoms with E-state index in [0.717, 1.165) is 0 Å². The van der Waals surface area contributed by atoms with Gasteiger partial charge in [-0.15, -0.1) is 6.58 Å². The summed E-state index contributed by atoms with van der Waals surface area (Å²) in [7, 11) is 0. The molecule has 0 aromatic rings. The lowest BCUT2D eigenvalue weighted by Crippen LogP contribution is -2.34. The molecule has 17 heavy (non-hydrogen) atoms. The Hall–Kier alpha value is -2.10. The van der Waals surface area contributed by atoms with E-state index < -0.39 is 12.1 Å². The van der Waals surface area contributed by atoms with E-state index in [0.29, 0.717) is 6.54 Å². The van der Waals surface area contributed by atoms with Crippen molar-refractivity contribution in [2.75, 3.05) is 6.54 Å². The number of allylic oxidation sites excluding steroid dienone is 2. The Morgan fingerprint density at radius 1 is 1.47 bits per heavy atom. The van der Waals surface area contributed by atoms with Gasteiger partial charge in [0.15, 0.2) is 0 Å². The Bertz CT molecular complexity index is 457. The van der Waals surface area contributed by atoms with E-state index in [9.17, 15) is 9.90 Å². The first-order valence-electron chi connectivity index (χ1n) is 5.34. The molecule has 2 unspecified atom stereocenters. The molecule has 2 rings (SSSR count). The zero-order valence-electron chi connectivity index (χ0n) is 9.24. The number of hydrogen-bond donors (Lipinski definition) is 1. The van der Waals surface area contributed by atoms with Crippen LogP contribution in [0.25, 0.3) is 0 Å². The molecule has 88 valence electrons. The molecule has 0 saturated heterocycles. The van der Waals surface area contributed by atoms with Gasteiger partial charge < -0.3 is 9.84 Å². The lowest BCUT2D eigenvalue weighted by molar-refractivity contribution is -0.145. The summed E-state index contributed by atoms with van der Waals surface area (Å²) in [6, 6.07) is 0. The summed E-state index contributed by atoms with van der Waals surface area (Å²) in [5.41, 5.74) is 0.119. The fraction of sp³-hybridized carbons (Fsp3) is 0.231. The zero-order chi connectivity index (χ0) is 12.3. The van der Waals surface area contributed by atoms with Crippen molar-refractivity contribution in [3.63, 3.8) is 0 Å². The summed E-state index contributed by atoms with van der Waals surface area (Å²) < 4.78 is 5.19. The van der Waals surface area contributed by atoms with Gasteiger partial charge in [0.25, 0.3) is 0 Å². The number of aliphatic imine (C=N–C) groups is 1. The van der Waals surface area contributed by atoms with Crippen LogP contribution < -0.4 is 0 Å². The minimum atomic E-state index is -0.545. The number of rotatable bonds is 3. The molecule has 1 heterocycles. The SMILES string of the molecule is C=CCN=CC1=C(O)C2C=CC=CC2OC1=O. The largest absolute Gasteiger partial charge is 0.511 e. The van der Waals surface area contributed by atoms with Crippen molar-refractivity contribution >= 4 is 12.2 Å². The second kappa shape index (κ2) is 4.82. The number of ether oxygens (including phenoxy) is 1. The molecule has 0 radical (unpaired) electrons. The lowest BCUT2D eigenvalue weighted by Gasteiger charge is -2.28. The Balaban J connectivity index is 2.29. The van der Waals surface area contributed by atoms with Crippen molar-refractivity contribution in [1.82, 2.24) is 0 Å². The minimum absolute atomic E-state index is 0.0136. The lowest BCUT2D eigenvalue weighted by atomic mass is 9.91. The maximum absolute atomic E-state index is 11.6. The third-order valence-electron chi connectivity index (χ3n) is 2.59. The van der Waals surface area contributed by atoms with E-state index in [1.54, 1.807) is 24.3 Å². The van der Waals surface area contributed by atoms with Crippen LogP contribution in [-0.2, 0) is 9.53 Å². The molecule has 1 N–H and O–H groups in total. The Labute approximate surface area is 99.3 Å². The number of carbonyl (C=O) groups is 1. The van der Waals surface area contributed by atoms with Crippen molar-refractivity contribution in [3.05, 3.63) is 48.3 Å². The van der Waals surface area contributed by atoms with Crippen LogP contribution in [0.15, 0.2) is 53.3 Å². The molecule has 2 atom stereocenters. The molecule has 0 amide bonds. The van der Waals surface area contributed by atoms with Gasteiger partial charge in [-0.25, -0.2) is 4.79 Å². The number of hydrogen-bond acceptors (Lipinski definition) is 4. The number of fused-ring (bicyclic) bond motifs is 1. The molecule has 4 heteroatoms. The summed E-state index contributed by atoms with van der Waals surface area (Å²) in [5, 5.41) is 10.0. The fourth-order valence-corrected chi connectivity index (χ4v) is 1.75. The number of nitrogens with zero attached hydrogens (tertiary/aromatic N) is 1. The first-order valence-corrected chi connectivity index (χ1v) is 5.34. The van der Waals surface area contributed by atoms with Crippen LogP contribution in [0.4, 0.5) is 0 Å². The Kier molecular flexibility index (Phi) is 3.23. The average molecular weight is 231 g/mol. The molecule has 2 aliphatic rings. The van der Waals surface area contributed by atoms with Crippen LogP contribution in [0, 0.1) is 5.92 Å². The van der Waals surface area contributed by atoms with Gasteiger partial charge in [-0.2, -0.15) is 0 Å². The van der Waals surface area contributed by atoms with Crippen molar-refractivity contribution in [3.8, 4) is 0 Å². The number of aliphatic hydroxyl groups is 1. The predicted molar refractivity (Wildman–Crippen MR) is 64.9 cm³/mol. The summed E-state index contributed by atoms with van der Waals surface area (Å²) in [5.74, 6) is -0.834. The standard InChI is InChI=1S/C13H13NO3/c1-2-7-14-8-10-12(15)9-5-3-4-6-11(9)17-13(10)16/h2-6,8-9,11,15H,1,7H2. The highest BCUT2D eigenvalue weighted by Gasteiger charge is 2.35. The van der Waals surface area contributed by atoms with Crippen molar-refractivity contribution in [2.45, 2.75) is 6.10 Å². The van der Waals surface area contributed by atoms with Crippen LogP contribution in [0.3, 0.4) is 0 Å². The molecule has 0 spiro atoms. The van der Waals surface area contributed by atoms with Gasteiger partial charge in [0.1, 0.15) is 17.4 Å². The fourth-order valence-electron chi connectivity index (χ4n) is 1.75. The van der Waals surface area contributed by atoms with Crippen LogP contribution in [0.2, 0.25) is 0 Å². The summed E-state index contributed by atoms with van der Waals surface area (Å²) in [6.45, 7) is 3.91. The predicted octanol–water partition coefficient (Wildman–Crippen LogP) is 1.72. The van der Waals surface area contributed by atoms with Gasteiger partial charge in [-0.3, -0.25) is 4.99 Å². The molecule has 4 nitrogen and oxygen atoms in total. The topological polar surface area (TPSA) is 58.9 Å². The maximum Gasteiger partial charge on any atom is 0.343 e. The Morgan fingerprint density at radius 2 is 2.24 bits per heavy atom. The van der Waals surface area contributed by atoms with Crippen molar-refractivity contribution < 1.29 is 14.6 Å². The highest BCUT2D eigenvalue weighted by molar-refractivity contribution is 6.10. The summed E-state index contributed by atoms with van der Waals surface area (Å²) in [4.78, 5) is 15.6. The van der Waals surface area contributed by atoms with Crippen LogP contribution in [-0.4, -0.2) is 29.9 Å². The van der Waals surface area contributed by atoms with E-state index in [1.165, 1.54) is 6.21 Å². The van der Waals surface area contributed by atoms with Gasteiger partial charge in [0, 0.05) is 6.21 Å². The molecule has 0 aromatic carbocycles. The van der Waals surface area contributed by atoms with E-state index in [4.69, 9.17) is 4.74 Å². The molecule has 0 fully saturated rings. The highest BCUT2D eigenvalue weighted by Crippen LogP contribution is 2.29. The van der Waals surface area contributed by atoms with Crippen molar-refractivity contribution in [1.29, 1.82) is 0 Å². The molecule has 0 saturated carbocycles. The van der Waals surface area contributed by atoms with E-state index in [-0.39, 0.29) is 17.3 Å². The monoisotopic (exact) mass is 231 g/mol. The average Bonchev–Trinajstić information content (AvgIpc) is 2.33. The van der Waals surface area contributed by atoms with E-state index in [1.807, 2.05) is 6.08 Å². The molecular weight excluding hydrogens is 218 g/mol. The molecule has 1 aliphatic carbocycles. The minimum Gasteiger partial charge on any atom is -0.511 e. The normalized spacial score (nSPS) is 27.2. The van der Waals surface area contributed by atoms with Gasteiger partial charge in [0.05, 0.1) is 12.5 Å². The van der Waals surface area contributed by atoms with Gasteiger partial charge in [-0.1, -0.05) is 24.3 Å². The van der Waals surface area contributed by atoms with Gasteiger partial charge >= 0.3 is 5.97 Å². The van der Waals surface area contributed by atoms with E-state index >= 15 is 0 Å². The molecule has 1 aliphatic heterocycles. The number of carbonyl (C=O) groups excluding carboxylic acids is 1. The maximum atomic E-state index is 11.6. The van der Waals surface area contributed by atoms with Crippen molar-refractivity contribution in [2.24, 2.45) is 10.9 Å².